The zero-order valence-electron chi connectivity index (χ0n) is 16.1. The lowest BCUT2D eigenvalue weighted by Crippen LogP contribution is -2.52. The van der Waals surface area contributed by atoms with E-state index in [0.29, 0.717) is 7.14 Å². The van der Waals surface area contributed by atoms with Crippen LogP contribution >= 0.6 is 45.2 Å². The zero-order valence-corrected chi connectivity index (χ0v) is 21.3. The Labute approximate surface area is 215 Å². The Bertz CT molecular complexity index is 1220. The minimum atomic E-state index is -6.64. The molecule has 2 rings (SSSR count). The highest BCUT2D eigenvalue weighted by Gasteiger charge is 2.66. The summed E-state index contributed by atoms with van der Waals surface area (Å²) in [7, 11) is -6.64. The number of alkyl halides is 5. The van der Waals surface area contributed by atoms with E-state index in [0.717, 1.165) is 18.2 Å². The lowest BCUT2D eigenvalue weighted by Gasteiger charge is -2.26. The van der Waals surface area contributed by atoms with E-state index in [1.165, 1.54) is 12.1 Å². The van der Waals surface area contributed by atoms with E-state index < -0.39 is 57.3 Å². The van der Waals surface area contributed by atoms with Crippen molar-refractivity contribution in [2.75, 3.05) is 0 Å². The number of halogens is 7. The Morgan fingerprint density at radius 2 is 1.53 bits per heavy atom. The summed E-state index contributed by atoms with van der Waals surface area (Å²) in [5, 5.41) is 4.11. The molecule has 0 aromatic heterocycles. The SMILES string of the molecule is O=C(OCc1cc(I)cc(I)c1O)c1ccccc1C(=O)OC(C(F)(F)F)C(F)(F)S(=O)(=O)O. The Morgan fingerprint density at radius 3 is 2.03 bits per heavy atom. The van der Waals surface area contributed by atoms with Crippen LogP contribution in [0.1, 0.15) is 26.3 Å². The molecule has 0 bridgehead atoms. The predicted octanol–water partition coefficient (Wildman–Crippen LogP) is 4.53. The predicted molar refractivity (Wildman–Crippen MR) is 121 cm³/mol. The summed E-state index contributed by atoms with van der Waals surface area (Å²) in [6, 6.07) is 6.99. The number of rotatable bonds is 7. The maximum absolute atomic E-state index is 13.7. The molecule has 0 saturated carbocycles. The first-order chi connectivity index (χ1) is 15.5. The van der Waals surface area contributed by atoms with Gasteiger partial charge < -0.3 is 14.6 Å². The molecule has 186 valence electrons. The van der Waals surface area contributed by atoms with Crippen LogP contribution in [0.15, 0.2) is 36.4 Å². The first kappa shape index (κ1) is 28.4. The molecule has 34 heavy (non-hydrogen) atoms. The number of phenols is 1. The Morgan fingerprint density at radius 1 is 1.00 bits per heavy atom. The second kappa shape index (κ2) is 10.4. The van der Waals surface area contributed by atoms with Gasteiger partial charge in [0, 0.05) is 9.13 Å². The van der Waals surface area contributed by atoms with E-state index in [2.05, 4.69) is 4.74 Å². The molecule has 0 saturated heterocycles. The van der Waals surface area contributed by atoms with Gasteiger partial charge in [0.1, 0.15) is 12.4 Å². The van der Waals surface area contributed by atoms with Crippen LogP contribution in [-0.2, 0) is 26.2 Å². The third kappa shape index (κ3) is 6.45. The molecule has 2 aromatic rings. The molecule has 1 atom stereocenters. The van der Waals surface area contributed by atoms with Gasteiger partial charge in [-0.25, -0.2) is 9.59 Å². The lowest BCUT2D eigenvalue weighted by molar-refractivity contribution is -0.248. The van der Waals surface area contributed by atoms with Gasteiger partial charge in [0.2, 0.25) is 0 Å². The van der Waals surface area contributed by atoms with Crippen molar-refractivity contribution in [2.24, 2.45) is 0 Å². The molecule has 1 unspecified atom stereocenters. The highest BCUT2D eigenvalue weighted by molar-refractivity contribution is 14.1. The van der Waals surface area contributed by atoms with Gasteiger partial charge in [-0.3, -0.25) is 4.55 Å². The number of esters is 2. The van der Waals surface area contributed by atoms with Crippen LogP contribution in [0, 0.1) is 7.14 Å². The van der Waals surface area contributed by atoms with Crippen LogP contribution in [0.3, 0.4) is 0 Å². The van der Waals surface area contributed by atoms with E-state index in [1.807, 2.05) is 45.2 Å². The van der Waals surface area contributed by atoms with E-state index in [9.17, 15) is 45.1 Å². The number of carbonyl (C=O) groups is 2. The van der Waals surface area contributed by atoms with E-state index in [1.54, 1.807) is 6.07 Å². The quantitative estimate of drug-likeness (QED) is 0.184. The van der Waals surface area contributed by atoms with Gasteiger partial charge in [-0.1, -0.05) is 12.1 Å². The summed E-state index contributed by atoms with van der Waals surface area (Å²) < 4.78 is 106. The summed E-state index contributed by atoms with van der Waals surface area (Å²) >= 11 is 3.75. The molecule has 0 spiro atoms. The number of hydrogen-bond acceptors (Lipinski definition) is 7. The Balaban J connectivity index is 2.33. The second-order valence-electron chi connectivity index (χ2n) is 6.38. The number of hydrogen-bond donors (Lipinski definition) is 2. The highest BCUT2D eigenvalue weighted by Crippen LogP contribution is 2.38. The number of phenolic OH excluding ortho intramolecular Hbond substituents is 1. The van der Waals surface area contributed by atoms with Crippen molar-refractivity contribution in [2.45, 2.75) is 24.1 Å². The average molecular weight is 736 g/mol. The third-order valence-corrected chi connectivity index (χ3v) is 6.35. The van der Waals surface area contributed by atoms with Crippen LogP contribution < -0.4 is 0 Å². The Kier molecular flexibility index (Phi) is 8.73. The van der Waals surface area contributed by atoms with Gasteiger partial charge in [0.25, 0.3) is 6.10 Å². The molecule has 2 N–H and O–H groups in total. The van der Waals surface area contributed by atoms with Gasteiger partial charge in [0.05, 0.1) is 14.7 Å². The normalized spacial score (nSPS) is 13.3. The molecule has 16 heteroatoms. The largest absolute Gasteiger partial charge is 0.506 e. The summed E-state index contributed by atoms with van der Waals surface area (Å²) in [6.45, 7) is -0.521. The maximum atomic E-state index is 13.7. The number of aromatic hydroxyl groups is 1. The van der Waals surface area contributed by atoms with Crippen molar-refractivity contribution in [3.05, 3.63) is 60.2 Å². The molecule has 2 aromatic carbocycles. The molecule has 0 heterocycles. The van der Waals surface area contributed by atoms with Gasteiger partial charge in [-0.2, -0.15) is 30.4 Å². The van der Waals surface area contributed by atoms with Crippen LogP contribution in [0.25, 0.3) is 0 Å². The van der Waals surface area contributed by atoms with E-state index in [-0.39, 0.29) is 11.3 Å². The van der Waals surface area contributed by atoms with Gasteiger partial charge in [0.15, 0.2) is 0 Å². The number of carbonyl (C=O) groups excluding carboxylic acids is 2. The van der Waals surface area contributed by atoms with Crippen LogP contribution in [0.2, 0.25) is 0 Å². The minimum absolute atomic E-state index is 0.162. The lowest BCUT2D eigenvalue weighted by atomic mass is 10.1. The fraction of sp³-hybridized carbons (Fsp3) is 0.222. The van der Waals surface area contributed by atoms with Crippen molar-refractivity contribution < 1.29 is 59.1 Å². The van der Waals surface area contributed by atoms with Crippen LogP contribution in [0.4, 0.5) is 22.0 Å². The van der Waals surface area contributed by atoms with E-state index in [4.69, 9.17) is 9.29 Å². The van der Waals surface area contributed by atoms with E-state index >= 15 is 0 Å². The third-order valence-electron chi connectivity index (χ3n) is 4.00. The number of ether oxygens (including phenoxy) is 2. The summed E-state index contributed by atoms with van der Waals surface area (Å²) in [5.41, 5.74) is -1.48. The van der Waals surface area contributed by atoms with Crippen LogP contribution in [0.5, 0.6) is 5.75 Å². The van der Waals surface area contributed by atoms with Gasteiger partial charge in [-0.05, 0) is 69.4 Å². The number of benzene rings is 2. The standard InChI is InChI=1S/C18H11F5I2O8S/c19-17(20,21)16(18(22,23)34(29,30)31)33-15(28)11-4-2-1-3-10(11)14(27)32-7-8-5-9(24)6-12(25)13(8)26/h1-6,16,26H,7H2,(H,29,30,31). The molecule has 0 amide bonds. The molecule has 0 aliphatic carbocycles. The smallest absolute Gasteiger partial charge is 0.432 e. The van der Waals surface area contributed by atoms with Crippen LogP contribution in [-0.4, -0.2) is 47.6 Å². The molecule has 0 aliphatic heterocycles. The Hall–Kier alpha value is -1.80. The molecule has 8 nitrogen and oxygen atoms in total. The van der Waals surface area contributed by atoms with Crippen molar-refractivity contribution in [3.63, 3.8) is 0 Å². The summed E-state index contributed by atoms with van der Waals surface area (Å²) in [4.78, 5) is 24.7. The van der Waals surface area contributed by atoms with Crippen molar-refractivity contribution in [3.8, 4) is 5.75 Å². The maximum Gasteiger partial charge on any atom is 0.432 e. The van der Waals surface area contributed by atoms with Crippen molar-refractivity contribution in [1.82, 2.24) is 0 Å². The molecule has 0 fully saturated rings. The van der Waals surface area contributed by atoms with Gasteiger partial charge >= 0.3 is 33.5 Å². The average Bonchev–Trinajstić information content (AvgIpc) is 2.71. The van der Waals surface area contributed by atoms with Gasteiger partial charge in [-0.15, -0.1) is 0 Å². The highest BCUT2D eigenvalue weighted by atomic mass is 127. The molecular weight excluding hydrogens is 725 g/mol. The summed E-state index contributed by atoms with van der Waals surface area (Å²) in [6.07, 6.45) is -10.7. The first-order valence-corrected chi connectivity index (χ1v) is 12.1. The zero-order chi connectivity index (χ0) is 26.1. The van der Waals surface area contributed by atoms with Crippen molar-refractivity contribution >= 4 is 67.2 Å². The molecule has 0 aliphatic rings. The fourth-order valence-electron chi connectivity index (χ4n) is 2.42. The monoisotopic (exact) mass is 736 g/mol. The minimum Gasteiger partial charge on any atom is -0.506 e. The first-order valence-electron chi connectivity index (χ1n) is 8.52. The summed E-state index contributed by atoms with van der Waals surface area (Å²) in [5.74, 6) is -3.63. The second-order valence-corrected chi connectivity index (χ2v) is 10.3. The van der Waals surface area contributed by atoms with Crippen molar-refractivity contribution in [1.29, 1.82) is 0 Å². The molecular formula is C18H11F5I2O8S. The molecule has 0 radical (unpaired) electrons. The fourth-order valence-corrected chi connectivity index (χ4v) is 4.84. The topological polar surface area (TPSA) is 127 Å².